The fourth-order valence-electron chi connectivity index (χ4n) is 2.56. The summed E-state index contributed by atoms with van der Waals surface area (Å²) in [5.74, 6) is 0.806. The van der Waals surface area contributed by atoms with Crippen LogP contribution in [0.3, 0.4) is 0 Å². The zero-order valence-corrected chi connectivity index (χ0v) is 12.5. The Morgan fingerprint density at radius 1 is 1.48 bits per heavy atom. The SMILES string of the molecule is CN(C)C(=O)C1CN(c2nc3cccnc3n2C)CCO1. The summed E-state index contributed by atoms with van der Waals surface area (Å²) in [5, 5.41) is 0. The van der Waals surface area contributed by atoms with E-state index in [1.54, 1.807) is 25.2 Å². The molecule has 0 radical (unpaired) electrons. The van der Waals surface area contributed by atoms with Crippen molar-refractivity contribution in [3.8, 4) is 0 Å². The van der Waals surface area contributed by atoms with Gasteiger partial charge >= 0.3 is 0 Å². The first-order chi connectivity index (χ1) is 10.1. The van der Waals surface area contributed by atoms with Crippen LogP contribution in [0.15, 0.2) is 18.3 Å². The van der Waals surface area contributed by atoms with Crippen LogP contribution in [0.1, 0.15) is 0 Å². The smallest absolute Gasteiger partial charge is 0.253 e. The Morgan fingerprint density at radius 2 is 2.29 bits per heavy atom. The molecule has 0 bridgehead atoms. The van der Waals surface area contributed by atoms with Crippen molar-refractivity contribution in [1.29, 1.82) is 0 Å². The van der Waals surface area contributed by atoms with Crippen molar-refractivity contribution >= 4 is 23.0 Å². The third-order valence-corrected chi connectivity index (χ3v) is 3.67. The number of hydrogen-bond donors (Lipinski definition) is 0. The Hall–Kier alpha value is -2.15. The summed E-state index contributed by atoms with van der Waals surface area (Å²) in [6.07, 6.45) is 1.31. The summed E-state index contributed by atoms with van der Waals surface area (Å²) in [5.41, 5.74) is 1.70. The van der Waals surface area contributed by atoms with Crippen molar-refractivity contribution < 1.29 is 9.53 Å². The number of amides is 1. The van der Waals surface area contributed by atoms with Gasteiger partial charge in [-0.3, -0.25) is 9.36 Å². The number of fused-ring (bicyclic) bond motifs is 1. The molecule has 1 unspecified atom stereocenters. The van der Waals surface area contributed by atoms with Crippen molar-refractivity contribution in [1.82, 2.24) is 19.4 Å². The Bertz CT molecular complexity index is 666. The lowest BCUT2D eigenvalue weighted by Crippen LogP contribution is -2.50. The first-order valence-electron chi connectivity index (χ1n) is 6.93. The van der Waals surface area contributed by atoms with Gasteiger partial charge in [-0.05, 0) is 12.1 Å². The monoisotopic (exact) mass is 289 g/mol. The maximum Gasteiger partial charge on any atom is 0.253 e. The highest BCUT2D eigenvalue weighted by Crippen LogP contribution is 2.21. The number of pyridine rings is 1. The third-order valence-electron chi connectivity index (χ3n) is 3.67. The highest BCUT2D eigenvalue weighted by Gasteiger charge is 2.29. The highest BCUT2D eigenvalue weighted by atomic mass is 16.5. The summed E-state index contributed by atoms with van der Waals surface area (Å²) < 4.78 is 7.54. The topological polar surface area (TPSA) is 63.5 Å². The summed E-state index contributed by atoms with van der Waals surface area (Å²) in [6, 6.07) is 3.81. The van der Waals surface area contributed by atoms with Crippen molar-refractivity contribution in [3.63, 3.8) is 0 Å². The number of nitrogens with zero attached hydrogens (tertiary/aromatic N) is 5. The first kappa shape index (κ1) is 13.8. The van der Waals surface area contributed by atoms with E-state index in [-0.39, 0.29) is 5.91 Å². The van der Waals surface area contributed by atoms with Crippen molar-refractivity contribution in [2.75, 3.05) is 38.7 Å². The van der Waals surface area contributed by atoms with Crippen LogP contribution in [0.2, 0.25) is 0 Å². The van der Waals surface area contributed by atoms with Crippen LogP contribution in [-0.4, -0.2) is 65.2 Å². The molecule has 1 amide bonds. The van der Waals surface area contributed by atoms with Gasteiger partial charge < -0.3 is 14.5 Å². The average molecular weight is 289 g/mol. The summed E-state index contributed by atoms with van der Waals surface area (Å²) in [4.78, 5) is 24.7. The zero-order chi connectivity index (χ0) is 15.0. The van der Waals surface area contributed by atoms with Gasteiger partial charge in [-0.2, -0.15) is 0 Å². The molecular formula is C14H19N5O2. The molecule has 1 atom stereocenters. The molecule has 0 saturated carbocycles. The standard InChI is InChI=1S/C14H19N5O2/c1-17(2)13(20)11-9-19(7-8-21-11)14-16-10-5-4-6-15-12(10)18(14)3/h4-6,11H,7-9H2,1-3H3. The van der Waals surface area contributed by atoms with Gasteiger partial charge in [0.1, 0.15) is 5.52 Å². The van der Waals surface area contributed by atoms with Gasteiger partial charge in [-0.1, -0.05) is 0 Å². The summed E-state index contributed by atoms with van der Waals surface area (Å²) in [7, 11) is 5.42. The lowest BCUT2D eigenvalue weighted by Gasteiger charge is -2.33. The molecule has 1 aliphatic rings. The molecule has 3 rings (SSSR count). The van der Waals surface area contributed by atoms with Crippen LogP contribution in [0, 0.1) is 0 Å². The molecule has 2 aromatic heterocycles. The van der Waals surface area contributed by atoms with Crippen LogP contribution >= 0.6 is 0 Å². The molecule has 0 spiro atoms. The number of hydrogen-bond acceptors (Lipinski definition) is 5. The summed E-state index contributed by atoms with van der Waals surface area (Å²) >= 11 is 0. The number of rotatable bonds is 2. The molecule has 21 heavy (non-hydrogen) atoms. The maximum absolute atomic E-state index is 12.1. The van der Waals surface area contributed by atoms with Crippen LogP contribution in [-0.2, 0) is 16.6 Å². The van der Waals surface area contributed by atoms with E-state index < -0.39 is 6.10 Å². The van der Waals surface area contributed by atoms with E-state index in [4.69, 9.17) is 4.74 Å². The van der Waals surface area contributed by atoms with Gasteiger partial charge in [0, 0.05) is 33.9 Å². The number of carbonyl (C=O) groups is 1. The van der Waals surface area contributed by atoms with Gasteiger partial charge in [0.2, 0.25) is 5.95 Å². The minimum atomic E-state index is -0.443. The molecular weight excluding hydrogens is 270 g/mol. The first-order valence-corrected chi connectivity index (χ1v) is 6.93. The fraction of sp³-hybridized carbons (Fsp3) is 0.500. The molecule has 1 aliphatic heterocycles. The molecule has 0 aliphatic carbocycles. The van der Waals surface area contributed by atoms with Crippen LogP contribution < -0.4 is 4.90 Å². The molecule has 2 aromatic rings. The largest absolute Gasteiger partial charge is 0.365 e. The van der Waals surface area contributed by atoms with E-state index in [1.807, 2.05) is 23.7 Å². The predicted octanol–water partition coefficient (Wildman–Crippen LogP) is 0.262. The molecule has 1 fully saturated rings. The Balaban J connectivity index is 1.88. The number of anilines is 1. The minimum absolute atomic E-state index is 0.0170. The third kappa shape index (κ3) is 2.44. The van der Waals surface area contributed by atoms with Gasteiger partial charge in [-0.25, -0.2) is 9.97 Å². The van der Waals surface area contributed by atoms with Crippen LogP contribution in [0.4, 0.5) is 5.95 Å². The molecule has 0 aromatic carbocycles. The molecule has 3 heterocycles. The van der Waals surface area contributed by atoms with Crippen molar-refractivity contribution in [2.45, 2.75) is 6.10 Å². The van der Waals surface area contributed by atoms with Gasteiger partial charge in [0.25, 0.3) is 5.91 Å². The molecule has 7 nitrogen and oxygen atoms in total. The number of ether oxygens (including phenoxy) is 1. The second kappa shape index (κ2) is 5.33. The molecule has 7 heteroatoms. The summed E-state index contributed by atoms with van der Waals surface area (Å²) in [6.45, 7) is 1.74. The lowest BCUT2D eigenvalue weighted by molar-refractivity contribution is -0.141. The average Bonchev–Trinajstić information content (AvgIpc) is 2.84. The Kier molecular flexibility index (Phi) is 3.50. The van der Waals surface area contributed by atoms with Gasteiger partial charge in [-0.15, -0.1) is 0 Å². The highest BCUT2D eigenvalue weighted by molar-refractivity contribution is 5.81. The number of aromatic nitrogens is 3. The van der Waals surface area contributed by atoms with Gasteiger partial charge in [0.05, 0.1) is 13.2 Å². The van der Waals surface area contributed by atoms with Crippen molar-refractivity contribution in [3.05, 3.63) is 18.3 Å². The molecule has 1 saturated heterocycles. The number of morpholine rings is 1. The van der Waals surface area contributed by atoms with E-state index in [1.165, 1.54) is 0 Å². The second-order valence-corrected chi connectivity index (χ2v) is 5.36. The van der Waals surface area contributed by atoms with Crippen LogP contribution in [0.25, 0.3) is 11.2 Å². The Labute approximate surface area is 123 Å². The normalized spacial score (nSPS) is 19.0. The number of imidazole rings is 1. The van der Waals surface area contributed by atoms with Gasteiger partial charge in [0.15, 0.2) is 11.8 Å². The van der Waals surface area contributed by atoms with E-state index >= 15 is 0 Å². The zero-order valence-electron chi connectivity index (χ0n) is 12.5. The second-order valence-electron chi connectivity index (χ2n) is 5.36. The molecule has 0 N–H and O–H groups in total. The quantitative estimate of drug-likeness (QED) is 0.793. The number of carbonyl (C=O) groups excluding carboxylic acids is 1. The van der Waals surface area contributed by atoms with Crippen LogP contribution in [0.5, 0.6) is 0 Å². The number of aryl methyl sites for hydroxylation is 1. The predicted molar refractivity (Wildman–Crippen MR) is 79.2 cm³/mol. The molecule has 112 valence electrons. The van der Waals surface area contributed by atoms with E-state index in [0.717, 1.165) is 17.1 Å². The van der Waals surface area contributed by atoms with E-state index in [2.05, 4.69) is 14.9 Å². The number of likely N-dealkylation sites (N-methyl/N-ethyl adjacent to an activating group) is 1. The maximum atomic E-state index is 12.1. The lowest BCUT2D eigenvalue weighted by atomic mass is 10.2. The van der Waals surface area contributed by atoms with E-state index in [0.29, 0.717) is 19.7 Å². The van der Waals surface area contributed by atoms with Crippen molar-refractivity contribution in [2.24, 2.45) is 7.05 Å². The van der Waals surface area contributed by atoms with E-state index in [9.17, 15) is 4.79 Å². The Morgan fingerprint density at radius 3 is 3.00 bits per heavy atom. The fourth-order valence-corrected chi connectivity index (χ4v) is 2.56. The minimum Gasteiger partial charge on any atom is -0.365 e.